The molecule has 0 aromatic heterocycles. The van der Waals surface area contributed by atoms with Crippen LogP contribution in [-0.4, -0.2) is 119 Å². The van der Waals surface area contributed by atoms with Gasteiger partial charge in [0.25, 0.3) is 0 Å². The van der Waals surface area contributed by atoms with E-state index < -0.39 is 20.0 Å². The van der Waals surface area contributed by atoms with Crippen molar-refractivity contribution in [3.8, 4) is 0 Å². The van der Waals surface area contributed by atoms with Gasteiger partial charge in [-0.15, -0.1) is 23.2 Å². The Morgan fingerprint density at radius 2 is 1.14 bits per heavy atom. The quantitative estimate of drug-likeness (QED) is 0.189. The Hall–Kier alpha value is -2.30. The smallest absolute Gasteiger partial charge is 0.310 e. The summed E-state index contributed by atoms with van der Waals surface area (Å²) in [4.78, 5) is 26.6. The molecule has 316 valence electrons. The molecular formula is C40H62Cl2N4O8S2. The summed E-state index contributed by atoms with van der Waals surface area (Å²) < 4.78 is 63.3. The van der Waals surface area contributed by atoms with Crippen molar-refractivity contribution in [3.05, 3.63) is 59.7 Å². The predicted octanol–water partition coefficient (Wildman–Crippen LogP) is 5.95. The van der Waals surface area contributed by atoms with E-state index in [0.29, 0.717) is 44.3 Å². The number of rotatable bonds is 13. The Morgan fingerprint density at radius 3 is 1.62 bits per heavy atom. The number of esters is 2. The maximum atomic E-state index is 12.9. The van der Waals surface area contributed by atoms with Crippen molar-refractivity contribution in [2.45, 2.75) is 101 Å². The van der Waals surface area contributed by atoms with Gasteiger partial charge in [0.05, 0.1) is 34.8 Å². The van der Waals surface area contributed by atoms with Gasteiger partial charge < -0.3 is 15.2 Å². The summed E-state index contributed by atoms with van der Waals surface area (Å²) in [6, 6.07) is 13.9. The molecule has 0 unspecified atom stereocenters. The highest BCUT2D eigenvalue weighted by molar-refractivity contribution is 7.89. The van der Waals surface area contributed by atoms with Crippen LogP contribution in [0.4, 0.5) is 0 Å². The lowest BCUT2D eigenvalue weighted by atomic mass is 9.83. The van der Waals surface area contributed by atoms with Crippen LogP contribution in [0.3, 0.4) is 0 Å². The van der Waals surface area contributed by atoms with Crippen LogP contribution in [0.25, 0.3) is 0 Å². The van der Waals surface area contributed by atoms with Crippen LogP contribution in [0.15, 0.2) is 58.3 Å². The molecule has 0 spiro atoms. The number of aryl methyl sites for hydroxylation is 2. The lowest BCUT2D eigenvalue weighted by Gasteiger charge is -2.43. The van der Waals surface area contributed by atoms with E-state index in [1.807, 2.05) is 39.8 Å². The number of carbonyl (C=O) groups is 2. The monoisotopic (exact) mass is 860 g/mol. The average molecular weight is 862 g/mol. The van der Waals surface area contributed by atoms with E-state index in [1.165, 1.54) is 4.31 Å². The molecule has 0 radical (unpaired) electrons. The van der Waals surface area contributed by atoms with Gasteiger partial charge in [-0.05, 0) is 77.6 Å². The van der Waals surface area contributed by atoms with E-state index in [1.54, 1.807) is 40.7 Å². The summed E-state index contributed by atoms with van der Waals surface area (Å²) in [5, 5.41) is 0. The Labute approximate surface area is 345 Å². The van der Waals surface area contributed by atoms with Crippen LogP contribution in [0, 0.1) is 25.7 Å². The fraction of sp³-hybridized carbons (Fsp3) is 0.650. The number of alkyl halides is 2. The number of hydrogen-bond donors (Lipinski definition) is 1. The number of nitrogens with zero attached hydrogens (tertiary/aromatic N) is 3. The molecule has 3 fully saturated rings. The van der Waals surface area contributed by atoms with Gasteiger partial charge >= 0.3 is 11.9 Å². The van der Waals surface area contributed by atoms with Crippen molar-refractivity contribution < 1.29 is 35.9 Å². The first-order valence-corrected chi connectivity index (χ1v) is 23.7. The van der Waals surface area contributed by atoms with Gasteiger partial charge in [0, 0.05) is 63.1 Å². The third-order valence-electron chi connectivity index (χ3n) is 10.5. The number of ether oxygens (including phenoxy) is 2. The van der Waals surface area contributed by atoms with Gasteiger partial charge in [0.15, 0.2) is 0 Å². The van der Waals surface area contributed by atoms with Crippen LogP contribution in [0.2, 0.25) is 0 Å². The molecule has 0 amide bonds. The second-order valence-electron chi connectivity index (χ2n) is 14.4. The Morgan fingerprint density at radius 1 is 0.696 bits per heavy atom. The predicted molar refractivity (Wildman–Crippen MR) is 222 cm³/mol. The molecule has 5 rings (SSSR count). The van der Waals surface area contributed by atoms with Gasteiger partial charge in [-0.2, -0.15) is 8.61 Å². The van der Waals surface area contributed by atoms with E-state index in [9.17, 15) is 26.4 Å². The number of benzene rings is 2. The summed E-state index contributed by atoms with van der Waals surface area (Å²) >= 11 is 11.2. The third kappa shape index (κ3) is 13.9. The van der Waals surface area contributed by atoms with Crippen LogP contribution in [0.5, 0.6) is 0 Å². The number of sulfonamides is 2. The van der Waals surface area contributed by atoms with Crippen molar-refractivity contribution >= 4 is 55.2 Å². The zero-order chi connectivity index (χ0) is 41.3. The van der Waals surface area contributed by atoms with E-state index in [4.69, 9.17) is 38.4 Å². The summed E-state index contributed by atoms with van der Waals surface area (Å²) in [5.74, 6) is 0.170. The summed E-state index contributed by atoms with van der Waals surface area (Å²) in [7, 11) is -6.93. The molecule has 1 saturated heterocycles. The molecule has 12 nitrogen and oxygen atoms in total. The first-order valence-electron chi connectivity index (χ1n) is 19.8. The number of piperazine rings is 1. The van der Waals surface area contributed by atoms with Crippen molar-refractivity contribution in [1.82, 2.24) is 13.5 Å². The number of halogens is 2. The lowest BCUT2D eigenvalue weighted by Crippen LogP contribution is -2.55. The average Bonchev–Trinajstić information content (AvgIpc) is 3.19. The molecule has 2 aliphatic carbocycles. The van der Waals surface area contributed by atoms with E-state index in [2.05, 4.69) is 4.90 Å². The molecule has 56 heavy (non-hydrogen) atoms. The molecule has 1 heterocycles. The van der Waals surface area contributed by atoms with Crippen LogP contribution < -0.4 is 5.73 Å². The normalized spacial score (nSPS) is 22.2. The summed E-state index contributed by atoms with van der Waals surface area (Å²) in [6.45, 7) is 11.2. The van der Waals surface area contributed by atoms with Gasteiger partial charge in [-0.1, -0.05) is 61.1 Å². The second-order valence-corrected chi connectivity index (χ2v) is 19.0. The van der Waals surface area contributed by atoms with Crippen LogP contribution in [-0.2, 0) is 39.1 Å². The molecule has 4 atom stereocenters. The fourth-order valence-corrected chi connectivity index (χ4v) is 10.8. The van der Waals surface area contributed by atoms with Gasteiger partial charge in [0.2, 0.25) is 20.0 Å². The maximum Gasteiger partial charge on any atom is 0.310 e. The molecule has 3 aliphatic rings. The minimum Gasteiger partial charge on any atom is -0.466 e. The number of hydrogen-bond acceptors (Lipinski definition) is 10. The first-order chi connectivity index (χ1) is 26.7. The standard InChI is InChI=1S/C20H30N2O4S.C11H15Cl2NO2S.C9H17NO2/c1-3-26-20(23)18-6-4-5-7-19(18)21-12-14-22(15-13-21)27(24,25)17-10-8-16(2)9-11-17;1-10-2-4-11(5-3-10)17(15,16)14(8-6-12)9-7-13;1-2-12-9(11)7-5-3-4-6-8(7)10/h8-11,18-19H,3-7,12-15H2,1-2H3;2-5H,6-9H2,1H3;7-8H,2-6,10H2,1H3/t18-,19-;;7-,8-/m1.1/s1. The van der Waals surface area contributed by atoms with E-state index >= 15 is 0 Å². The molecule has 0 bridgehead atoms. The minimum atomic E-state index is -3.48. The van der Waals surface area contributed by atoms with Crippen LogP contribution in [0.1, 0.15) is 76.3 Å². The topological polar surface area (TPSA) is 157 Å². The summed E-state index contributed by atoms with van der Waals surface area (Å²) in [5.41, 5.74) is 7.87. The Bertz CT molecular complexity index is 1700. The van der Waals surface area contributed by atoms with Crippen molar-refractivity contribution in [2.75, 3.05) is 64.2 Å². The maximum absolute atomic E-state index is 12.9. The van der Waals surface area contributed by atoms with Crippen molar-refractivity contribution in [1.29, 1.82) is 0 Å². The molecule has 1 aliphatic heterocycles. The second kappa shape index (κ2) is 23.9. The zero-order valence-electron chi connectivity index (χ0n) is 33.4. The fourth-order valence-electron chi connectivity index (χ4n) is 7.31. The largest absolute Gasteiger partial charge is 0.466 e. The lowest BCUT2D eigenvalue weighted by molar-refractivity contribution is -0.152. The van der Waals surface area contributed by atoms with Gasteiger partial charge in [-0.25, -0.2) is 16.8 Å². The van der Waals surface area contributed by atoms with Gasteiger partial charge in [-0.3, -0.25) is 14.5 Å². The molecular weight excluding hydrogens is 799 g/mol. The molecule has 2 N–H and O–H groups in total. The SMILES string of the molecule is CCOC(=O)[C@@H]1CCCC[C@H]1N.CCOC(=O)[C@@H]1CCCC[C@H]1N1CCN(S(=O)(=O)c2ccc(C)cc2)CC1.Cc1ccc(S(=O)(=O)N(CCCl)CCCl)cc1. The van der Waals surface area contributed by atoms with Crippen molar-refractivity contribution in [2.24, 2.45) is 17.6 Å². The first kappa shape index (κ1) is 48.1. The minimum absolute atomic E-state index is 0.0257. The third-order valence-corrected chi connectivity index (χ3v) is 14.6. The number of nitrogens with two attached hydrogens (primary N) is 1. The van der Waals surface area contributed by atoms with Gasteiger partial charge in [0.1, 0.15) is 0 Å². The van der Waals surface area contributed by atoms with E-state index in [0.717, 1.165) is 62.5 Å². The highest BCUT2D eigenvalue weighted by atomic mass is 35.5. The molecule has 2 aromatic rings. The highest BCUT2D eigenvalue weighted by Gasteiger charge is 2.38. The van der Waals surface area contributed by atoms with Crippen molar-refractivity contribution in [3.63, 3.8) is 0 Å². The van der Waals surface area contributed by atoms with E-state index in [-0.39, 0.29) is 65.6 Å². The Balaban J connectivity index is 0.000000248. The molecule has 2 aromatic carbocycles. The zero-order valence-corrected chi connectivity index (χ0v) is 36.6. The molecule has 16 heteroatoms. The number of carbonyl (C=O) groups excluding carboxylic acids is 2. The Kier molecular flexibility index (Phi) is 20.6. The summed E-state index contributed by atoms with van der Waals surface area (Å²) in [6.07, 6.45) is 8.14. The highest BCUT2D eigenvalue weighted by Crippen LogP contribution is 2.31. The van der Waals surface area contributed by atoms with Crippen LogP contribution >= 0.6 is 23.2 Å². The molecule has 2 saturated carbocycles.